The summed E-state index contributed by atoms with van der Waals surface area (Å²) in [6, 6.07) is 21.3. The molecule has 1 aliphatic heterocycles. The highest BCUT2D eigenvalue weighted by atomic mass is 16.5. The highest BCUT2D eigenvalue weighted by Crippen LogP contribution is 2.19. The third-order valence-electron chi connectivity index (χ3n) is 3.82. The number of hydrogen-bond acceptors (Lipinski definition) is 2. The fraction of sp³-hybridized carbons (Fsp3) is 0.333. The van der Waals surface area contributed by atoms with E-state index >= 15 is 0 Å². The lowest BCUT2D eigenvalue weighted by atomic mass is 9.96. The molecule has 20 heavy (non-hydrogen) atoms. The van der Waals surface area contributed by atoms with Crippen LogP contribution in [0.3, 0.4) is 0 Å². The van der Waals surface area contributed by atoms with Crippen LogP contribution in [0.15, 0.2) is 60.7 Å². The van der Waals surface area contributed by atoms with Gasteiger partial charge in [0.25, 0.3) is 0 Å². The quantitative estimate of drug-likeness (QED) is 0.916. The second-order valence-corrected chi connectivity index (χ2v) is 5.42. The minimum Gasteiger partial charge on any atom is -0.490 e. The van der Waals surface area contributed by atoms with Crippen LogP contribution in [0.4, 0.5) is 0 Å². The molecule has 1 fully saturated rings. The van der Waals surface area contributed by atoms with Crippen molar-refractivity contribution in [3.05, 3.63) is 66.2 Å². The molecule has 2 nitrogen and oxygen atoms in total. The standard InChI is InChI=1S/C18H21NO/c1-3-7-15(8-4-1)13-16-14-18(11-12-19-16)20-17-9-5-2-6-10-17/h1-10,16,18-19H,11-14H2. The first-order valence-electron chi connectivity index (χ1n) is 7.39. The Morgan fingerprint density at radius 1 is 0.950 bits per heavy atom. The lowest BCUT2D eigenvalue weighted by Crippen LogP contribution is -2.43. The molecule has 0 amide bonds. The Morgan fingerprint density at radius 2 is 1.65 bits per heavy atom. The lowest BCUT2D eigenvalue weighted by molar-refractivity contribution is 0.139. The van der Waals surface area contributed by atoms with E-state index in [0.717, 1.165) is 31.6 Å². The van der Waals surface area contributed by atoms with Gasteiger partial charge in [0, 0.05) is 6.04 Å². The molecule has 0 spiro atoms. The van der Waals surface area contributed by atoms with Gasteiger partial charge in [0.2, 0.25) is 0 Å². The zero-order chi connectivity index (χ0) is 13.6. The number of hydrogen-bond donors (Lipinski definition) is 1. The maximum absolute atomic E-state index is 6.08. The van der Waals surface area contributed by atoms with Gasteiger partial charge in [-0.3, -0.25) is 0 Å². The summed E-state index contributed by atoms with van der Waals surface area (Å²) in [5.41, 5.74) is 1.39. The molecule has 2 heteroatoms. The molecule has 0 radical (unpaired) electrons. The minimum absolute atomic E-state index is 0.326. The molecule has 1 saturated heterocycles. The van der Waals surface area contributed by atoms with E-state index in [1.165, 1.54) is 5.56 Å². The van der Waals surface area contributed by atoms with Crippen LogP contribution in [0.2, 0.25) is 0 Å². The van der Waals surface area contributed by atoms with Gasteiger partial charge in [-0.05, 0) is 43.5 Å². The average molecular weight is 267 g/mol. The second kappa shape index (κ2) is 6.58. The van der Waals surface area contributed by atoms with Gasteiger partial charge in [-0.15, -0.1) is 0 Å². The van der Waals surface area contributed by atoms with Crippen molar-refractivity contribution < 1.29 is 4.74 Å². The Kier molecular flexibility index (Phi) is 4.34. The maximum atomic E-state index is 6.08. The van der Waals surface area contributed by atoms with Gasteiger partial charge in [0.15, 0.2) is 0 Å². The van der Waals surface area contributed by atoms with Crippen molar-refractivity contribution in [3.8, 4) is 5.75 Å². The topological polar surface area (TPSA) is 21.3 Å². The molecule has 1 N–H and O–H groups in total. The van der Waals surface area contributed by atoms with Gasteiger partial charge < -0.3 is 10.1 Å². The number of benzene rings is 2. The Hall–Kier alpha value is -1.80. The lowest BCUT2D eigenvalue weighted by Gasteiger charge is -2.31. The molecule has 1 heterocycles. The SMILES string of the molecule is c1ccc(CC2CC(Oc3ccccc3)CCN2)cc1. The summed E-state index contributed by atoms with van der Waals surface area (Å²) in [6.45, 7) is 1.04. The molecule has 104 valence electrons. The van der Waals surface area contributed by atoms with Crippen molar-refractivity contribution in [2.75, 3.05) is 6.54 Å². The normalized spacial score (nSPS) is 22.4. The summed E-state index contributed by atoms with van der Waals surface area (Å²) in [7, 11) is 0. The van der Waals surface area contributed by atoms with Gasteiger partial charge in [-0.1, -0.05) is 48.5 Å². The van der Waals surface area contributed by atoms with Crippen LogP contribution in [0, 0.1) is 0 Å². The number of nitrogens with one attached hydrogen (secondary N) is 1. The Morgan fingerprint density at radius 3 is 2.40 bits per heavy atom. The van der Waals surface area contributed by atoms with Gasteiger partial charge in [-0.2, -0.15) is 0 Å². The summed E-state index contributed by atoms with van der Waals surface area (Å²) < 4.78 is 6.08. The predicted octanol–water partition coefficient (Wildman–Crippen LogP) is 3.43. The van der Waals surface area contributed by atoms with Crippen molar-refractivity contribution in [1.82, 2.24) is 5.32 Å². The molecule has 1 aliphatic rings. The van der Waals surface area contributed by atoms with E-state index in [4.69, 9.17) is 4.74 Å². The van der Waals surface area contributed by atoms with Crippen LogP contribution in [0.5, 0.6) is 5.75 Å². The fourth-order valence-electron chi connectivity index (χ4n) is 2.82. The molecule has 0 bridgehead atoms. The largest absolute Gasteiger partial charge is 0.490 e. The third-order valence-corrected chi connectivity index (χ3v) is 3.82. The van der Waals surface area contributed by atoms with Crippen molar-refractivity contribution >= 4 is 0 Å². The zero-order valence-electron chi connectivity index (χ0n) is 11.7. The van der Waals surface area contributed by atoms with E-state index in [9.17, 15) is 0 Å². The van der Waals surface area contributed by atoms with Crippen molar-refractivity contribution in [1.29, 1.82) is 0 Å². The third kappa shape index (κ3) is 3.61. The summed E-state index contributed by atoms with van der Waals surface area (Å²) in [5, 5.41) is 3.60. The molecule has 2 aromatic carbocycles. The summed E-state index contributed by atoms with van der Waals surface area (Å²) in [5.74, 6) is 0.984. The summed E-state index contributed by atoms with van der Waals surface area (Å²) in [6.07, 6.45) is 3.56. The van der Waals surface area contributed by atoms with Crippen LogP contribution in [0.25, 0.3) is 0 Å². The van der Waals surface area contributed by atoms with Crippen LogP contribution in [0.1, 0.15) is 18.4 Å². The Labute approximate surface area is 120 Å². The number of rotatable bonds is 4. The molecule has 2 unspecified atom stereocenters. The predicted molar refractivity (Wildman–Crippen MR) is 82.0 cm³/mol. The Balaban J connectivity index is 1.57. The van der Waals surface area contributed by atoms with Crippen LogP contribution in [-0.2, 0) is 6.42 Å². The van der Waals surface area contributed by atoms with E-state index < -0.39 is 0 Å². The van der Waals surface area contributed by atoms with E-state index in [0.29, 0.717) is 12.1 Å². The van der Waals surface area contributed by atoms with Gasteiger partial charge in [0.1, 0.15) is 11.9 Å². The molecule has 0 saturated carbocycles. The van der Waals surface area contributed by atoms with Crippen LogP contribution in [-0.4, -0.2) is 18.7 Å². The van der Waals surface area contributed by atoms with Crippen LogP contribution < -0.4 is 10.1 Å². The first-order valence-corrected chi connectivity index (χ1v) is 7.39. The Bertz CT molecular complexity index is 464. The summed E-state index contributed by atoms with van der Waals surface area (Å²) in [4.78, 5) is 0. The molecular weight excluding hydrogens is 246 g/mol. The first kappa shape index (κ1) is 13.2. The number of piperidine rings is 1. The smallest absolute Gasteiger partial charge is 0.119 e. The first-order chi connectivity index (χ1) is 9.90. The van der Waals surface area contributed by atoms with Gasteiger partial charge in [-0.25, -0.2) is 0 Å². The van der Waals surface area contributed by atoms with Crippen LogP contribution >= 0.6 is 0 Å². The van der Waals surface area contributed by atoms with E-state index in [2.05, 4.69) is 35.6 Å². The second-order valence-electron chi connectivity index (χ2n) is 5.42. The molecule has 0 aliphatic carbocycles. The highest BCUT2D eigenvalue weighted by molar-refractivity contribution is 5.21. The van der Waals surface area contributed by atoms with E-state index in [1.807, 2.05) is 30.3 Å². The molecule has 2 aromatic rings. The van der Waals surface area contributed by atoms with Gasteiger partial charge >= 0.3 is 0 Å². The zero-order valence-corrected chi connectivity index (χ0v) is 11.7. The fourth-order valence-corrected chi connectivity index (χ4v) is 2.82. The maximum Gasteiger partial charge on any atom is 0.119 e. The minimum atomic E-state index is 0.326. The monoisotopic (exact) mass is 267 g/mol. The molecular formula is C18H21NO. The van der Waals surface area contributed by atoms with E-state index in [-0.39, 0.29) is 0 Å². The average Bonchev–Trinajstić information content (AvgIpc) is 2.50. The highest BCUT2D eigenvalue weighted by Gasteiger charge is 2.22. The van der Waals surface area contributed by atoms with Crippen molar-refractivity contribution in [2.24, 2.45) is 0 Å². The molecule has 2 atom stereocenters. The van der Waals surface area contributed by atoms with Crippen molar-refractivity contribution in [2.45, 2.75) is 31.4 Å². The molecule has 0 aromatic heterocycles. The van der Waals surface area contributed by atoms with E-state index in [1.54, 1.807) is 0 Å². The van der Waals surface area contributed by atoms with Gasteiger partial charge in [0.05, 0.1) is 0 Å². The molecule has 3 rings (SSSR count). The number of para-hydroxylation sites is 1. The van der Waals surface area contributed by atoms with Crippen molar-refractivity contribution in [3.63, 3.8) is 0 Å². The summed E-state index contributed by atoms with van der Waals surface area (Å²) >= 11 is 0. The number of ether oxygens (including phenoxy) is 1.